The Morgan fingerprint density at radius 1 is 1.27 bits per heavy atom. The van der Waals surface area contributed by atoms with E-state index in [4.69, 9.17) is 17.0 Å². The van der Waals surface area contributed by atoms with E-state index >= 15 is 0 Å². The van der Waals surface area contributed by atoms with E-state index in [2.05, 4.69) is 10.6 Å². The summed E-state index contributed by atoms with van der Waals surface area (Å²) in [5, 5.41) is 6.69. The number of carbonyl (C=O) groups is 1. The predicted octanol–water partition coefficient (Wildman–Crippen LogP) is 2.99. The van der Waals surface area contributed by atoms with Gasteiger partial charge in [-0.3, -0.25) is 0 Å². The molecule has 2 N–H and O–H groups in total. The zero-order valence-electron chi connectivity index (χ0n) is 13.4. The summed E-state index contributed by atoms with van der Waals surface area (Å²) in [6.07, 6.45) is 0. The average molecular weight is 318 g/mol. The van der Waals surface area contributed by atoms with Crippen LogP contribution in [0, 0.1) is 12.8 Å². The van der Waals surface area contributed by atoms with Gasteiger partial charge in [-0.25, -0.2) is 4.79 Å². The number of nitrogens with one attached hydrogen (secondary N) is 2. The third-order valence-corrected chi connectivity index (χ3v) is 3.67. The van der Waals surface area contributed by atoms with Gasteiger partial charge in [0.2, 0.25) is 0 Å². The molecule has 0 amide bonds. The normalized spacial score (nSPS) is 18.0. The minimum atomic E-state index is -0.306. The van der Waals surface area contributed by atoms with Crippen LogP contribution in [0.1, 0.15) is 37.9 Å². The van der Waals surface area contributed by atoms with Gasteiger partial charge in [0, 0.05) is 5.70 Å². The van der Waals surface area contributed by atoms with E-state index in [1.54, 1.807) is 0 Å². The summed E-state index contributed by atoms with van der Waals surface area (Å²) in [7, 11) is 0. The first kappa shape index (κ1) is 16.5. The molecule has 1 heterocycles. The number of hydrogen-bond donors (Lipinski definition) is 2. The fraction of sp³-hybridized carbons (Fsp3) is 0.412. The molecule has 0 aromatic heterocycles. The topological polar surface area (TPSA) is 50.4 Å². The third kappa shape index (κ3) is 3.85. The Labute approximate surface area is 136 Å². The summed E-state index contributed by atoms with van der Waals surface area (Å²) in [5.41, 5.74) is 3.48. The minimum absolute atomic E-state index is 0.283. The largest absolute Gasteiger partial charge is 0.462 e. The van der Waals surface area contributed by atoms with Gasteiger partial charge in [0.15, 0.2) is 5.11 Å². The van der Waals surface area contributed by atoms with Crippen molar-refractivity contribution in [2.75, 3.05) is 6.61 Å². The predicted molar refractivity (Wildman–Crippen MR) is 91.3 cm³/mol. The van der Waals surface area contributed by atoms with Crippen LogP contribution < -0.4 is 10.6 Å². The van der Waals surface area contributed by atoms with Crippen LogP contribution in [0.4, 0.5) is 0 Å². The summed E-state index contributed by atoms with van der Waals surface area (Å²) >= 11 is 5.22. The molecule has 0 radical (unpaired) electrons. The zero-order valence-corrected chi connectivity index (χ0v) is 14.2. The fourth-order valence-electron chi connectivity index (χ4n) is 2.29. The number of aryl methyl sites for hydroxylation is 1. The van der Waals surface area contributed by atoms with Crippen molar-refractivity contribution in [3.8, 4) is 0 Å². The van der Waals surface area contributed by atoms with Crippen LogP contribution in [-0.2, 0) is 9.53 Å². The van der Waals surface area contributed by atoms with Crippen LogP contribution in [0.5, 0.6) is 0 Å². The molecule has 0 fully saturated rings. The van der Waals surface area contributed by atoms with Crippen molar-refractivity contribution in [1.29, 1.82) is 0 Å². The molecule has 118 valence electrons. The number of benzene rings is 1. The lowest BCUT2D eigenvalue weighted by molar-refractivity contribution is -0.140. The quantitative estimate of drug-likeness (QED) is 0.660. The lowest BCUT2D eigenvalue weighted by atomic mass is 9.95. The Hall–Kier alpha value is -1.88. The molecule has 0 saturated carbocycles. The van der Waals surface area contributed by atoms with Crippen molar-refractivity contribution >= 4 is 23.3 Å². The van der Waals surface area contributed by atoms with Gasteiger partial charge in [0.1, 0.15) is 0 Å². The first-order valence-electron chi connectivity index (χ1n) is 7.40. The maximum Gasteiger partial charge on any atom is 0.338 e. The van der Waals surface area contributed by atoms with E-state index in [-0.39, 0.29) is 12.0 Å². The van der Waals surface area contributed by atoms with E-state index in [0.717, 1.165) is 11.3 Å². The molecule has 2 rings (SSSR count). The lowest BCUT2D eigenvalue weighted by Crippen LogP contribution is -2.45. The molecule has 1 atom stereocenters. The second-order valence-corrected chi connectivity index (χ2v) is 6.38. The van der Waals surface area contributed by atoms with Crippen molar-refractivity contribution in [3.63, 3.8) is 0 Å². The van der Waals surface area contributed by atoms with E-state index in [1.807, 2.05) is 52.0 Å². The van der Waals surface area contributed by atoms with E-state index < -0.39 is 0 Å². The van der Waals surface area contributed by atoms with Gasteiger partial charge < -0.3 is 15.4 Å². The second kappa shape index (κ2) is 6.92. The molecule has 4 nitrogen and oxygen atoms in total. The number of hydrogen-bond acceptors (Lipinski definition) is 3. The first-order chi connectivity index (χ1) is 10.4. The average Bonchev–Trinajstić information content (AvgIpc) is 2.44. The Bertz CT molecular complexity index is 606. The first-order valence-corrected chi connectivity index (χ1v) is 7.81. The smallest absolute Gasteiger partial charge is 0.338 e. The van der Waals surface area contributed by atoms with Crippen LogP contribution in [0.3, 0.4) is 0 Å². The number of thiocarbonyl (C=S) groups is 1. The van der Waals surface area contributed by atoms with E-state index in [0.29, 0.717) is 23.2 Å². The van der Waals surface area contributed by atoms with Gasteiger partial charge >= 0.3 is 5.97 Å². The standard InChI is InChI=1S/C17H22N2O2S/c1-10(2)9-21-16(20)14-12(4)18-17(22)19-15(14)13-7-5-11(3)6-8-13/h5-8,10,15H,9H2,1-4H3,(H2,18,19,22). The van der Waals surface area contributed by atoms with E-state index in [1.165, 1.54) is 5.56 Å². The Balaban J connectivity index is 2.32. The number of ether oxygens (including phenoxy) is 1. The highest BCUT2D eigenvalue weighted by Crippen LogP contribution is 2.27. The molecule has 1 unspecified atom stereocenters. The molecule has 1 aromatic rings. The highest BCUT2D eigenvalue weighted by Gasteiger charge is 2.30. The van der Waals surface area contributed by atoms with Crippen molar-refractivity contribution in [2.45, 2.75) is 33.7 Å². The summed E-state index contributed by atoms with van der Waals surface area (Å²) < 4.78 is 5.40. The molecule has 0 saturated heterocycles. The van der Waals surface area contributed by atoms with Crippen molar-refractivity contribution in [3.05, 3.63) is 46.7 Å². The number of rotatable bonds is 4. The number of allylic oxidation sites excluding steroid dienone is 1. The molecular weight excluding hydrogens is 296 g/mol. The van der Waals surface area contributed by atoms with Gasteiger partial charge in [-0.1, -0.05) is 43.7 Å². The van der Waals surface area contributed by atoms with Gasteiger partial charge in [-0.05, 0) is 37.5 Å². The van der Waals surface area contributed by atoms with Crippen molar-refractivity contribution in [2.24, 2.45) is 5.92 Å². The van der Waals surface area contributed by atoms with Gasteiger partial charge in [0.05, 0.1) is 18.2 Å². The minimum Gasteiger partial charge on any atom is -0.462 e. The summed E-state index contributed by atoms with van der Waals surface area (Å²) in [4.78, 5) is 12.5. The van der Waals surface area contributed by atoms with Crippen LogP contribution in [0.25, 0.3) is 0 Å². The van der Waals surface area contributed by atoms with Gasteiger partial charge in [-0.15, -0.1) is 0 Å². The molecule has 1 aromatic carbocycles. The molecule has 22 heavy (non-hydrogen) atoms. The highest BCUT2D eigenvalue weighted by molar-refractivity contribution is 7.80. The SMILES string of the molecule is CC1=C(C(=O)OCC(C)C)C(c2ccc(C)cc2)NC(=S)N1. The maximum absolute atomic E-state index is 12.5. The molecule has 1 aliphatic heterocycles. The second-order valence-electron chi connectivity index (χ2n) is 5.97. The summed E-state index contributed by atoms with van der Waals surface area (Å²) in [6, 6.07) is 7.77. The molecule has 0 spiro atoms. The summed E-state index contributed by atoms with van der Waals surface area (Å²) in [6.45, 7) is 8.31. The Kier molecular flexibility index (Phi) is 5.19. The zero-order chi connectivity index (χ0) is 16.3. The summed E-state index contributed by atoms with van der Waals surface area (Å²) in [5.74, 6) is -0.00691. The molecule has 1 aliphatic rings. The maximum atomic E-state index is 12.5. The van der Waals surface area contributed by atoms with Crippen molar-refractivity contribution < 1.29 is 9.53 Å². The third-order valence-electron chi connectivity index (χ3n) is 3.45. The Morgan fingerprint density at radius 2 is 1.91 bits per heavy atom. The highest BCUT2D eigenvalue weighted by atomic mass is 32.1. The Morgan fingerprint density at radius 3 is 2.50 bits per heavy atom. The monoisotopic (exact) mass is 318 g/mol. The van der Waals surface area contributed by atoms with Crippen LogP contribution in [0.15, 0.2) is 35.5 Å². The molecular formula is C17H22N2O2S. The molecule has 0 aliphatic carbocycles. The van der Waals surface area contributed by atoms with Crippen LogP contribution in [0.2, 0.25) is 0 Å². The van der Waals surface area contributed by atoms with Crippen LogP contribution >= 0.6 is 12.2 Å². The molecule has 5 heteroatoms. The molecule has 0 bridgehead atoms. The lowest BCUT2D eigenvalue weighted by Gasteiger charge is -2.30. The number of carbonyl (C=O) groups excluding carboxylic acids is 1. The number of esters is 1. The van der Waals surface area contributed by atoms with Crippen molar-refractivity contribution in [1.82, 2.24) is 10.6 Å². The van der Waals surface area contributed by atoms with Gasteiger partial charge in [-0.2, -0.15) is 0 Å². The van der Waals surface area contributed by atoms with E-state index in [9.17, 15) is 4.79 Å². The van der Waals surface area contributed by atoms with Crippen LogP contribution in [-0.4, -0.2) is 17.7 Å². The van der Waals surface area contributed by atoms with Gasteiger partial charge in [0.25, 0.3) is 0 Å². The fourth-order valence-corrected chi connectivity index (χ4v) is 2.56.